The molecule has 3 rings (SSSR count). The minimum absolute atomic E-state index is 0.0938. The van der Waals surface area contributed by atoms with Crippen LogP contribution in [0.5, 0.6) is 0 Å². The summed E-state index contributed by atoms with van der Waals surface area (Å²) in [7, 11) is -1.34. The molecule has 0 saturated heterocycles. The van der Waals surface area contributed by atoms with Crippen LogP contribution in [0.4, 0.5) is 5.82 Å². The first-order valence-electron chi connectivity index (χ1n) is 6.06. The number of benzene rings is 1. The van der Waals surface area contributed by atoms with Gasteiger partial charge >= 0.3 is 0 Å². The number of fused-ring (bicyclic) bond motifs is 1. The summed E-state index contributed by atoms with van der Waals surface area (Å²) in [5, 5.41) is 7.51. The zero-order valence-corrected chi connectivity index (χ0v) is 11.6. The van der Waals surface area contributed by atoms with Crippen molar-refractivity contribution in [2.45, 2.75) is 17.9 Å². The molecule has 1 aliphatic heterocycles. The Morgan fingerprint density at radius 1 is 1.37 bits per heavy atom. The van der Waals surface area contributed by atoms with E-state index in [2.05, 4.69) is 10.4 Å². The molecule has 19 heavy (non-hydrogen) atoms. The first kappa shape index (κ1) is 12.2. The van der Waals surface area contributed by atoms with Crippen molar-refractivity contribution in [1.29, 1.82) is 0 Å². The van der Waals surface area contributed by atoms with Crippen LogP contribution in [0, 0.1) is 6.92 Å². The second-order valence-electron chi connectivity index (χ2n) is 4.81. The van der Waals surface area contributed by atoms with Crippen LogP contribution in [0.1, 0.15) is 17.3 Å². The number of hydrogen-bond donors (Lipinski definition) is 1. The smallest absolute Gasteiger partial charge is 0.181 e. The van der Waals surface area contributed by atoms with Crippen LogP contribution in [0.25, 0.3) is 0 Å². The summed E-state index contributed by atoms with van der Waals surface area (Å²) in [4.78, 5) is 0.436. The van der Waals surface area contributed by atoms with Gasteiger partial charge in [-0.25, -0.2) is 8.42 Å². The van der Waals surface area contributed by atoms with E-state index in [0.717, 1.165) is 17.1 Å². The number of aromatic nitrogens is 2. The maximum atomic E-state index is 12.1. The third-order valence-electron chi connectivity index (χ3n) is 3.34. The van der Waals surface area contributed by atoms with Gasteiger partial charge in [0.25, 0.3) is 0 Å². The van der Waals surface area contributed by atoms with Crippen LogP contribution in [0.15, 0.2) is 35.2 Å². The predicted molar refractivity (Wildman–Crippen MR) is 72.8 cm³/mol. The SMILES string of the molecule is Cc1cc(NC2CS(=O)(=O)c3ccccc32)n(C)n1. The fourth-order valence-electron chi connectivity index (χ4n) is 2.49. The number of hydrogen-bond acceptors (Lipinski definition) is 4. The van der Waals surface area contributed by atoms with Crippen molar-refractivity contribution >= 4 is 15.7 Å². The van der Waals surface area contributed by atoms with Gasteiger partial charge in [-0.1, -0.05) is 18.2 Å². The lowest BCUT2D eigenvalue weighted by molar-refractivity contribution is 0.598. The van der Waals surface area contributed by atoms with E-state index >= 15 is 0 Å². The Morgan fingerprint density at radius 3 is 2.79 bits per heavy atom. The highest BCUT2D eigenvalue weighted by atomic mass is 32.2. The van der Waals surface area contributed by atoms with E-state index in [0.29, 0.717) is 4.90 Å². The summed E-state index contributed by atoms with van der Waals surface area (Å²) in [6.07, 6.45) is 0. The minimum atomic E-state index is -3.17. The molecule has 100 valence electrons. The molecule has 2 aromatic rings. The number of sulfone groups is 1. The summed E-state index contributed by atoms with van der Waals surface area (Å²) in [5.74, 6) is 0.922. The molecule has 0 amide bonds. The molecule has 6 heteroatoms. The van der Waals surface area contributed by atoms with Gasteiger partial charge in [-0.2, -0.15) is 5.10 Å². The number of nitrogens with zero attached hydrogens (tertiary/aromatic N) is 2. The van der Waals surface area contributed by atoms with Gasteiger partial charge in [0.2, 0.25) is 0 Å². The topological polar surface area (TPSA) is 64.0 Å². The summed E-state index contributed by atoms with van der Waals surface area (Å²) in [6.45, 7) is 1.91. The molecule has 1 N–H and O–H groups in total. The lowest BCUT2D eigenvalue weighted by Crippen LogP contribution is -2.15. The van der Waals surface area contributed by atoms with Crippen molar-refractivity contribution in [2.75, 3.05) is 11.1 Å². The highest BCUT2D eigenvalue weighted by molar-refractivity contribution is 7.91. The third-order valence-corrected chi connectivity index (χ3v) is 5.15. The van der Waals surface area contributed by atoms with Crippen molar-refractivity contribution in [1.82, 2.24) is 9.78 Å². The quantitative estimate of drug-likeness (QED) is 0.907. The largest absolute Gasteiger partial charge is 0.362 e. The van der Waals surface area contributed by atoms with E-state index in [1.165, 1.54) is 0 Å². The molecule has 1 unspecified atom stereocenters. The van der Waals surface area contributed by atoms with Gasteiger partial charge < -0.3 is 5.32 Å². The molecule has 1 aliphatic rings. The Morgan fingerprint density at radius 2 is 2.11 bits per heavy atom. The standard InChI is InChI=1S/C13H15N3O2S/c1-9-7-13(16(2)15-9)14-11-8-19(17,18)12-6-4-3-5-10(11)12/h3-7,11,14H,8H2,1-2H3. The number of aryl methyl sites for hydroxylation is 2. The summed E-state index contributed by atoms with van der Waals surface area (Å²) >= 11 is 0. The fraction of sp³-hybridized carbons (Fsp3) is 0.308. The summed E-state index contributed by atoms with van der Waals surface area (Å²) in [6, 6.07) is 8.85. The number of nitrogens with one attached hydrogen (secondary N) is 1. The summed E-state index contributed by atoms with van der Waals surface area (Å²) in [5.41, 5.74) is 1.74. The Kier molecular flexibility index (Phi) is 2.63. The highest BCUT2D eigenvalue weighted by Gasteiger charge is 2.34. The molecule has 0 bridgehead atoms. The zero-order valence-electron chi connectivity index (χ0n) is 10.8. The molecule has 2 heterocycles. The van der Waals surface area contributed by atoms with Gasteiger partial charge in [-0.05, 0) is 18.6 Å². The molecule has 1 aromatic heterocycles. The normalized spacial score (nSPS) is 20.2. The monoisotopic (exact) mass is 277 g/mol. The van der Waals surface area contributed by atoms with Crippen LogP contribution in [0.3, 0.4) is 0 Å². The Hall–Kier alpha value is -1.82. The molecule has 0 saturated carbocycles. The van der Waals surface area contributed by atoms with E-state index in [-0.39, 0.29) is 11.8 Å². The first-order valence-corrected chi connectivity index (χ1v) is 7.71. The van der Waals surface area contributed by atoms with E-state index in [4.69, 9.17) is 0 Å². The van der Waals surface area contributed by atoms with Crippen molar-refractivity contribution in [3.63, 3.8) is 0 Å². The molecule has 0 radical (unpaired) electrons. The molecule has 0 aliphatic carbocycles. The van der Waals surface area contributed by atoms with Crippen LogP contribution in [-0.2, 0) is 16.9 Å². The molecule has 0 fully saturated rings. The minimum Gasteiger partial charge on any atom is -0.362 e. The molecular formula is C13H15N3O2S. The Bertz CT molecular complexity index is 734. The van der Waals surface area contributed by atoms with Gasteiger partial charge in [0, 0.05) is 13.1 Å². The third kappa shape index (κ3) is 2.02. The van der Waals surface area contributed by atoms with Crippen LogP contribution < -0.4 is 5.32 Å². The van der Waals surface area contributed by atoms with Crippen LogP contribution in [-0.4, -0.2) is 24.0 Å². The molecule has 5 nitrogen and oxygen atoms in total. The maximum absolute atomic E-state index is 12.1. The number of anilines is 1. The van der Waals surface area contributed by atoms with Crippen molar-refractivity contribution in [2.24, 2.45) is 7.05 Å². The van der Waals surface area contributed by atoms with E-state index in [1.807, 2.05) is 32.2 Å². The molecular weight excluding hydrogens is 262 g/mol. The molecule has 1 aromatic carbocycles. The maximum Gasteiger partial charge on any atom is 0.181 e. The van der Waals surface area contributed by atoms with Crippen molar-refractivity contribution < 1.29 is 8.42 Å². The van der Waals surface area contributed by atoms with E-state index in [9.17, 15) is 8.42 Å². The van der Waals surface area contributed by atoms with Gasteiger partial charge in [-0.15, -0.1) is 0 Å². The van der Waals surface area contributed by atoms with E-state index in [1.54, 1.807) is 16.8 Å². The fourth-order valence-corrected chi connectivity index (χ4v) is 4.23. The van der Waals surface area contributed by atoms with Crippen LogP contribution in [0.2, 0.25) is 0 Å². The average Bonchev–Trinajstić information content (AvgIpc) is 2.79. The second kappa shape index (κ2) is 4.09. The van der Waals surface area contributed by atoms with Crippen LogP contribution >= 0.6 is 0 Å². The van der Waals surface area contributed by atoms with Gasteiger partial charge in [-0.3, -0.25) is 4.68 Å². The Balaban J connectivity index is 1.98. The molecule has 0 spiro atoms. The second-order valence-corrected chi connectivity index (χ2v) is 6.81. The first-order chi connectivity index (χ1) is 8.97. The zero-order chi connectivity index (χ0) is 13.6. The Labute approximate surface area is 112 Å². The predicted octanol–water partition coefficient (Wildman–Crippen LogP) is 1.67. The van der Waals surface area contributed by atoms with E-state index < -0.39 is 9.84 Å². The van der Waals surface area contributed by atoms with Gasteiger partial charge in [0.15, 0.2) is 9.84 Å². The average molecular weight is 277 g/mol. The summed E-state index contributed by atoms with van der Waals surface area (Å²) < 4.78 is 25.9. The highest BCUT2D eigenvalue weighted by Crippen LogP contribution is 2.35. The lowest BCUT2D eigenvalue weighted by Gasteiger charge is -2.13. The van der Waals surface area contributed by atoms with Crippen molar-refractivity contribution in [3.8, 4) is 0 Å². The van der Waals surface area contributed by atoms with Gasteiger partial charge in [0.1, 0.15) is 5.82 Å². The van der Waals surface area contributed by atoms with Gasteiger partial charge in [0.05, 0.1) is 22.4 Å². The molecule has 1 atom stereocenters. The van der Waals surface area contributed by atoms with Crippen molar-refractivity contribution in [3.05, 3.63) is 41.6 Å². The lowest BCUT2D eigenvalue weighted by atomic mass is 10.1. The number of rotatable bonds is 2.